The van der Waals surface area contributed by atoms with Gasteiger partial charge in [-0.1, -0.05) is 6.08 Å². The molecule has 14 heavy (non-hydrogen) atoms. The standard InChI is InChI=1S/C9H13NO4/c11-8-3-6-14-7-5-10(8)4-1-2-9(12)13/h1-2H,3-7H2,(H,12,13)/b2-1+. The van der Waals surface area contributed by atoms with Gasteiger partial charge in [0.1, 0.15) is 0 Å². The van der Waals surface area contributed by atoms with Crippen molar-refractivity contribution in [3.63, 3.8) is 0 Å². The predicted molar refractivity (Wildman–Crippen MR) is 48.8 cm³/mol. The highest BCUT2D eigenvalue weighted by molar-refractivity contribution is 5.80. The fourth-order valence-electron chi connectivity index (χ4n) is 1.19. The lowest BCUT2D eigenvalue weighted by molar-refractivity contribution is -0.132. The normalized spacial score (nSPS) is 18.6. The van der Waals surface area contributed by atoms with E-state index in [0.29, 0.717) is 32.7 Å². The molecule has 5 nitrogen and oxygen atoms in total. The van der Waals surface area contributed by atoms with Crippen molar-refractivity contribution >= 4 is 11.9 Å². The van der Waals surface area contributed by atoms with E-state index in [1.807, 2.05) is 0 Å². The summed E-state index contributed by atoms with van der Waals surface area (Å²) in [6, 6.07) is 0. The van der Waals surface area contributed by atoms with Crippen LogP contribution in [0.4, 0.5) is 0 Å². The SMILES string of the molecule is O=C(O)/C=C/CN1CCOCCC1=O. The zero-order valence-corrected chi connectivity index (χ0v) is 7.81. The molecule has 0 unspecified atom stereocenters. The molecule has 78 valence electrons. The number of aliphatic carboxylic acids is 1. The van der Waals surface area contributed by atoms with E-state index in [2.05, 4.69) is 0 Å². The number of amides is 1. The van der Waals surface area contributed by atoms with Crippen LogP contribution in [0.2, 0.25) is 0 Å². The lowest BCUT2D eigenvalue weighted by Gasteiger charge is -2.16. The second-order valence-electron chi connectivity index (χ2n) is 2.94. The van der Waals surface area contributed by atoms with Gasteiger partial charge in [0.25, 0.3) is 0 Å². The van der Waals surface area contributed by atoms with Gasteiger partial charge in [0.2, 0.25) is 5.91 Å². The van der Waals surface area contributed by atoms with Gasteiger partial charge in [0.15, 0.2) is 0 Å². The number of carboxylic acids is 1. The molecule has 0 aromatic rings. The maximum Gasteiger partial charge on any atom is 0.328 e. The summed E-state index contributed by atoms with van der Waals surface area (Å²) < 4.78 is 5.12. The first-order valence-electron chi connectivity index (χ1n) is 4.45. The van der Waals surface area contributed by atoms with Crippen molar-refractivity contribution < 1.29 is 19.4 Å². The molecule has 0 aromatic carbocycles. The minimum Gasteiger partial charge on any atom is -0.478 e. The fraction of sp³-hybridized carbons (Fsp3) is 0.556. The molecule has 0 saturated carbocycles. The van der Waals surface area contributed by atoms with Crippen LogP contribution in [0.5, 0.6) is 0 Å². The third-order valence-corrected chi connectivity index (χ3v) is 1.90. The maximum absolute atomic E-state index is 11.4. The third-order valence-electron chi connectivity index (χ3n) is 1.90. The van der Waals surface area contributed by atoms with Crippen LogP contribution in [0.3, 0.4) is 0 Å². The Morgan fingerprint density at radius 3 is 3.07 bits per heavy atom. The Hall–Kier alpha value is -1.36. The molecule has 1 aliphatic rings. The average Bonchev–Trinajstić information content (AvgIpc) is 2.31. The molecule has 1 saturated heterocycles. The van der Waals surface area contributed by atoms with E-state index < -0.39 is 5.97 Å². The fourth-order valence-corrected chi connectivity index (χ4v) is 1.19. The molecule has 1 heterocycles. The summed E-state index contributed by atoms with van der Waals surface area (Å²) in [5.74, 6) is -0.985. The molecule has 1 amide bonds. The smallest absolute Gasteiger partial charge is 0.328 e. The topological polar surface area (TPSA) is 66.8 Å². The summed E-state index contributed by atoms with van der Waals surface area (Å²) >= 11 is 0. The predicted octanol–water partition coefficient (Wildman–Crippen LogP) is -0.124. The Kier molecular flexibility index (Phi) is 4.12. The quantitative estimate of drug-likeness (QED) is 0.643. The monoisotopic (exact) mass is 199 g/mol. The van der Waals surface area contributed by atoms with E-state index in [9.17, 15) is 9.59 Å². The molecule has 0 aliphatic carbocycles. The minimum absolute atomic E-state index is 0.0116. The summed E-state index contributed by atoms with van der Waals surface area (Å²) in [6.45, 7) is 1.85. The molecule has 0 aromatic heterocycles. The van der Waals surface area contributed by atoms with Crippen LogP contribution in [-0.4, -0.2) is 48.2 Å². The van der Waals surface area contributed by atoms with Gasteiger partial charge in [0, 0.05) is 19.2 Å². The summed E-state index contributed by atoms with van der Waals surface area (Å²) in [6.07, 6.45) is 2.88. The van der Waals surface area contributed by atoms with Gasteiger partial charge in [-0.2, -0.15) is 0 Å². The van der Waals surface area contributed by atoms with E-state index in [1.54, 1.807) is 4.90 Å². The van der Waals surface area contributed by atoms with Crippen molar-refractivity contribution in [1.29, 1.82) is 0 Å². The first-order chi connectivity index (χ1) is 6.70. The molecule has 0 spiro atoms. The summed E-state index contributed by atoms with van der Waals surface area (Å²) in [5, 5.41) is 8.35. The Balaban J connectivity index is 2.41. The Labute approximate surface area is 82.0 Å². The largest absolute Gasteiger partial charge is 0.478 e. The van der Waals surface area contributed by atoms with Crippen molar-refractivity contribution in [3.8, 4) is 0 Å². The number of rotatable bonds is 3. The highest BCUT2D eigenvalue weighted by Crippen LogP contribution is 2.00. The van der Waals surface area contributed by atoms with Gasteiger partial charge in [0.05, 0.1) is 19.6 Å². The zero-order chi connectivity index (χ0) is 10.4. The van der Waals surface area contributed by atoms with Crippen LogP contribution in [0, 0.1) is 0 Å². The van der Waals surface area contributed by atoms with Gasteiger partial charge < -0.3 is 14.7 Å². The summed E-state index contributed by atoms with van der Waals surface area (Å²) in [5.41, 5.74) is 0. The van der Waals surface area contributed by atoms with Gasteiger partial charge in [-0.3, -0.25) is 4.79 Å². The van der Waals surface area contributed by atoms with Crippen molar-refractivity contribution in [3.05, 3.63) is 12.2 Å². The van der Waals surface area contributed by atoms with Crippen LogP contribution < -0.4 is 0 Å². The number of nitrogens with zero attached hydrogens (tertiary/aromatic N) is 1. The van der Waals surface area contributed by atoms with Crippen LogP contribution in [-0.2, 0) is 14.3 Å². The molecule has 1 aliphatic heterocycles. The summed E-state index contributed by atoms with van der Waals surface area (Å²) in [4.78, 5) is 23.1. The number of hydrogen-bond donors (Lipinski definition) is 1. The average molecular weight is 199 g/mol. The van der Waals surface area contributed by atoms with E-state index in [-0.39, 0.29) is 5.91 Å². The molecule has 1 fully saturated rings. The van der Waals surface area contributed by atoms with E-state index in [0.717, 1.165) is 6.08 Å². The first kappa shape index (κ1) is 10.7. The molecule has 5 heteroatoms. The first-order valence-corrected chi connectivity index (χ1v) is 4.45. The number of carboxylic acid groups (broad SMARTS) is 1. The van der Waals surface area contributed by atoms with Crippen molar-refractivity contribution in [2.75, 3.05) is 26.3 Å². The van der Waals surface area contributed by atoms with Crippen LogP contribution in [0.25, 0.3) is 0 Å². The van der Waals surface area contributed by atoms with Gasteiger partial charge >= 0.3 is 5.97 Å². The summed E-state index contributed by atoms with van der Waals surface area (Å²) in [7, 11) is 0. The zero-order valence-electron chi connectivity index (χ0n) is 7.81. The van der Waals surface area contributed by atoms with Crippen molar-refractivity contribution in [2.24, 2.45) is 0 Å². The number of ether oxygens (including phenoxy) is 1. The molecule has 1 N–H and O–H groups in total. The van der Waals surface area contributed by atoms with Gasteiger partial charge in [-0.05, 0) is 0 Å². The third kappa shape index (κ3) is 3.57. The molecular weight excluding hydrogens is 186 g/mol. The van der Waals surface area contributed by atoms with Crippen molar-refractivity contribution in [1.82, 2.24) is 4.90 Å². The number of hydrogen-bond acceptors (Lipinski definition) is 3. The molecule has 0 radical (unpaired) electrons. The van der Waals surface area contributed by atoms with Crippen LogP contribution in [0.15, 0.2) is 12.2 Å². The molecule has 1 rings (SSSR count). The van der Waals surface area contributed by atoms with Gasteiger partial charge in [-0.15, -0.1) is 0 Å². The molecular formula is C9H13NO4. The van der Waals surface area contributed by atoms with Crippen molar-refractivity contribution in [2.45, 2.75) is 6.42 Å². The second kappa shape index (κ2) is 5.39. The maximum atomic E-state index is 11.4. The Morgan fingerprint density at radius 2 is 2.36 bits per heavy atom. The number of carbonyl (C=O) groups excluding carboxylic acids is 1. The van der Waals surface area contributed by atoms with Gasteiger partial charge in [-0.25, -0.2) is 4.79 Å². The lowest BCUT2D eigenvalue weighted by atomic mass is 10.3. The highest BCUT2D eigenvalue weighted by atomic mass is 16.5. The second-order valence-corrected chi connectivity index (χ2v) is 2.94. The molecule has 0 atom stereocenters. The van der Waals surface area contributed by atoms with E-state index in [4.69, 9.17) is 9.84 Å². The van der Waals surface area contributed by atoms with E-state index in [1.165, 1.54) is 6.08 Å². The molecule has 0 bridgehead atoms. The lowest BCUT2D eigenvalue weighted by Crippen LogP contribution is -2.31. The number of carbonyl (C=O) groups is 2. The highest BCUT2D eigenvalue weighted by Gasteiger charge is 2.14. The minimum atomic E-state index is -0.997. The van der Waals surface area contributed by atoms with E-state index >= 15 is 0 Å². The van der Waals surface area contributed by atoms with Crippen LogP contribution in [0.1, 0.15) is 6.42 Å². The Morgan fingerprint density at radius 1 is 1.57 bits per heavy atom. The van der Waals surface area contributed by atoms with Crippen LogP contribution >= 0.6 is 0 Å². The Bertz CT molecular complexity index is 249.